The number of carbonyl (C=O) groups excluding carboxylic acids is 1. The summed E-state index contributed by atoms with van der Waals surface area (Å²) in [4.78, 5) is 22.8. The second-order valence-corrected chi connectivity index (χ2v) is 6.38. The van der Waals surface area contributed by atoms with Crippen LogP contribution in [0, 0.1) is 0 Å². The second kappa shape index (κ2) is 9.17. The molecule has 3 heterocycles. The van der Waals surface area contributed by atoms with Gasteiger partial charge in [0.25, 0.3) is 5.56 Å². The van der Waals surface area contributed by atoms with Crippen molar-refractivity contribution in [3.05, 3.63) is 77.2 Å². The first-order chi connectivity index (χ1) is 13.6. The number of fused-ring (bicyclic) bond motifs is 1. The molecule has 1 aromatic carbocycles. The fourth-order valence-electron chi connectivity index (χ4n) is 3.16. The van der Waals surface area contributed by atoms with Crippen molar-refractivity contribution in [3.8, 4) is 22.5 Å². The maximum atomic E-state index is 12.2. The Morgan fingerprint density at radius 1 is 0.966 bits per heavy atom. The van der Waals surface area contributed by atoms with Crippen molar-refractivity contribution >= 4 is 11.5 Å². The van der Waals surface area contributed by atoms with E-state index in [0.29, 0.717) is 5.69 Å². The Labute approximate surface area is 188 Å². The minimum Gasteiger partial charge on any atom is -0.550 e. The molecule has 0 atom stereocenters. The molecule has 0 bridgehead atoms. The predicted molar refractivity (Wildman–Crippen MR) is 102 cm³/mol. The van der Waals surface area contributed by atoms with Gasteiger partial charge in [0.05, 0.1) is 16.8 Å². The van der Waals surface area contributed by atoms with Crippen LogP contribution < -0.4 is 40.2 Å². The smallest absolute Gasteiger partial charge is 0.550 e. The van der Waals surface area contributed by atoms with Crippen LogP contribution in [0.4, 0.5) is 0 Å². The maximum Gasteiger partial charge on any atom is 1.00 e. The first-order valence-electron chi connectivity index (χ1n) is 8.94. The van der Waals surface area contributed by atoms with Crippen LogP contribution in [-0.2, 0) is 11.3 Å². The Kier molecular flexibility index (Phi) is 6.64. The molecule has 29 heavy (non-hydrogen) atoms. The number of rotatable bonds is 6. The molecule has 0 aliphatic rings. The van der Waals surface area contributed by atoms with Crippen LogP contribution in [0.3, 0.4) is 0 Å². The Bertz CT molecular complexity index is 1200. The number of aliphatic carboxylic acids is 1. The maximum absolute atomic E-state index is 12.2. The number of carboxylic acid groups (broad SMARTS) is 1. The van der Waals surface area contributed by atoms with E-state index < -0.39 is 5.97 Å². The molecule has 0 saturated carbocycles. The van der Waals surface area contributed by atoms with Crippen LogP contribution in [0.2, 0.25) is 0 Å². The third-order valence-corrected chi connectivity index (χ3v) is 4.46. The number of hydrogen-bond donors (Lipinski definition) is 0. The van der Waals surface area contributed by atoms with Gasteiger partial charge in [0.15, 0.2) is 0 Å². The van der Waals surface area contributed by atoms with Gasteiger partial charge >= 0.3 is 29.6 Å². The topological polar surface area (TPSA) is 92.3 Å². The summed E-state index contributed by atoms with van der Waals surface area (Å²) in [7, 11) is 0. The summed E-state index contributed by atoms with van der Waals surface area (Å²) in [5, 5.41) is 19.8. The number of pyridine rings is 1. The molecule has 0 aliphatic heterocycles. The van der Waals surface area contributed by atoms with E-state index in [1.54, 1.807) is 10.6 Å². The quantitative estimate of drug-likeness (QED) is 0.380. The molecule has 0 fully saturated rings. The van der Waals surface area contributed by atoms with Gasteiger partial charge in [-0.05, 0) is 31.0 Å². The Balaban J connectivity index is 0.00000240. The van der Waals surface area contributed by atoms with Crippen molar-refractivity contribution in [1.82, 2.24) is 19.4 Å². The second-order valence-electron chi connectivity index (χ2n) is 6.38. The van der Waals surface area contributed by atoms with Crippen LogP contribution in [0.25, 0.3) is 28.0 Å². The Morgan fingerprint density at radius 3 is 2.48 bits per heavy atom. The fourth-order valence-corrected chi connectivity index (χ4v) is 3.16. The van der Waals surface area contributed by atoms with E-state index in [4.69, 9.17) is 5.10 Å². The van der Waals surface area contributed by atoms with Gasteiger partial charge in [-0.25, -0.2) is 9.20 Å². The standard InChI is InChI=1S/C21H18N4O3.Na/c26-18-12-11-16(22-25(18)14-6-10-19(27)28)20-17-9-4-5-13-24(17)23-21(20)15-7-2-1-3-8-15;/h1-5,7-9,11-13H,6,10,14H2,(H,27,28);/q;+1/p-1. The molecule has 140 valence electrons. The third-order valence-electron chi connectivity index (χ3n) is 4.46. The van der Waals surface area contributed by atoms with E-state index in [1.807, 2.05) is 54.7 Å². The number of carbonyl (C=O) groups is 1. The molecule has 4 aromatic rings. The number of hydrogen-bond acceptors (Lipinski definition) is 5. The average Bonchev–Trinajstić information content (AvgIpc) is 3.09. The molecule has 0 unspecified atom stereocenters. The normalized spacial score (nSPS) is 10.6. The van der Waals surface area contributed by atoms with Gasteiger partial charge in [-0.1, -0.05) is 36.4 Å². The molecule has 0 saturated heterocycles. The first-order valence-corrected chi connectivity index (χ1v) is 8.94. The summed E-state index contributed by atoms with van der Waals surface area (Å²) in [6, 6.07) is 18.7. The van der Waals surface area contributed by atoms with Crippen LogP contribution >= 0.6 is 0 Å². The molecule has 3 aromatic heterocycles. The van der Waals surface area contributed by atoms with E-state index in [1.165, 1.54) is 10.7 Å². The number of carboxylic acids is 1. The number of benzene rings is 1. The number of nitrogens with zero attached hydrogens (tertiary/aromatic N) is 4. The van der Waals surface area contributed by atoms with E-state index in [0.717, 1.165) is 22.3 Å². The molecule has 0 N–H and O–H groups in total. The molecule has 4 rings (SSSR count). The molecule has 8 heteroatoms. The summed E-state index contributed by atoms with van der Waals surface area (Å²) < 4.78 is 3.07. The largest absolute Gasteiger partial charge is 1.00 e. The molecule has 0 radical (unpaired) electrons. The molecule has 0 spiro atoms. The SMILES string of the molecule is O=C([O-])CCCn1nc(-c2c(-c3ccccc3)nn3ccccc23)ccc1=O.[Na+]. The first kappa shape index (κ1) is 21.0. The zero-order valence-electron chi connectivity index (χ0n) is 16.0. The van der Waals surface area contributed by atoms with E-state index >= 15 is 0 Å². The van der Waals surface area contributed by atoms with Gasteiger partial charge in [-0.2, -0.15) is 10.2 Å². The summed E-state index contributed by atoms with van der Waals surface area (Å²) in [5.74, 6) is -1.14. The fraction of sp³-hybridized carbons (Fsp3) is 0.143. The predicted octanol–water partition coefficient (Wildman–Crippen LogP) is -1.24. The average molecular weight is 396 g/mol. The molecule has 7 nitrogen and oxygen atoms in total. The van der Waals surface area contributed by atoms with Gasteiger partial charge < -0.3 is 9.90 Å². The van der Waals surface area contributed by atoms with Gasteiger partial charge in [-0.3, -0.25) is 4.79 Å². The van der Waals surface area contributed by atoms with Crippen molar-refractivity contribution in [3.63, 3.8) is 0 Å². The third kappa shape index (κ3) is 4.48. The zero-order chi connectivity index (χ0) is 19.5. The van der Waals surface area contributed by atoms with Crippen LogP contribution in [0.15, 0.2) is 71.7 Å². The summed E-state index contributed by atoms with van der Waals surface area (Å²) in [5.41, 5.74) is 3.72. The van der Waals surface area contributed by atoms with Crippen molar-refractivity contribution in [2.45, 2.75) is 19.4 Å². The Hall–Kier alpha value is -2.74. The van der Waals surface area contributed by atoms with Gasteiger partial charge in [-0.15, -0.1) is 0 Å². The van der Waals surface area contributed by atoms with E-state index in [-0.39, 0.29) is 54.5 Å². The summed E-state index contributed by atoms with van der Waals surface area (Å²) >= 11 is 0. The van der Waals surface area contributed by atoms with Crippen molar-refractivity contribution < 1.29 is 39.5 Å². The van der Waals surface area contributed by atoms with Crippen LogP contribution in [0.1, 0.15) is 12.8 Å². The van der Waals surface area contributed by atoms with Crippen LogP contribution in [-0.4, -0.2) is 25.4 Å². The monoisotopic (exact) mass is 396 g/mol. The number of aryl methyl sites for hydroxylation is 1. The number of aromatic nitrogens is 4. The molecular weight excluding hydrogens is 379 g/mol. The van der Waals surface area contributed by atoms with E-state index in [2.05, 4.69) is 5.10 Å². The Morgan fingerprint density at radius 2 is 1.72 bits per heavy atom. The molecule has 0 aliphatic carbocycles. The zero-order valence-corrected chi connectivity index (χ0v) is 18.0. The van der Waals surface area contributed by atoms with Gasteiger partial charge in [0, 0.05) is 30.3 Å². The van der Waals surface area contributed by atoms with Crippen molar-refractivity contribution in [2.24, 2.45) is 0 Å². The van der Waals surface area contributed by atoms with Gasteiger partial charge in [0.2, 0.25) is 0 Å². The van der Waals surface area contributed by atoms with Crippen molar-refractivity contribution in [1.29, 1.82) is 0 Å². The summed E-state index contributed by atoms with van der Waals surface area (Å²) in [6.45, 7) is 0.209. The van der Waals surface area contributed by atoms with E-state index in [9.17, 15) is 14.7 Å². The minimum absolute atomic E-state index is 0. The van der Waals surface area contributed by atoms with Gasteiger partial charge in [0.1, 0.15) is 5.69 Å². The summed E-state index contributed by atoms with van der Waals surface area (Å²) in [6.07, 6.45) is 2.02. The minimum atomic E-state index is -1.14. The van der Waals surface area contributed by atoms with Crippen LogP contribution in [0.5, 0.6) is 0 Å². The molecule has 0 amide bonds. The molecular formula is C21H17N4NaO3. The van der Waals surface area contributed by atoms with Crippen molar-refractivity contribution in [2.75, 3.05) is 0 Å².